The van der Waals surface area contributed by atoms with Crippen molar-refractivity contribution in [2.45, 2.75) is 13.8 Å². The van der Waals surface area contributed by atoms with E-state index in [1.807, 2.05) is 23.1 Å². The molecule has 0 atom stereocenters. The highest BCUT2D eigenvalue weighted by molar-refractivity contribution is 5.93. The fourth-order valence-electron chi connectivity index (χ4n) is 3.53. The van der Waals surface area contributed by atoms with E-state index < -0.39 is 5.82 Å². The molecule has 1 aliphatic heterocycles. The summed E-state index contributed by atoms with van der Waals surface area (Å²) in [5.41, 5.74) is 1.27. The Labute approximate surface area is 200 Å². The van der Waals surface area contributed by atoms with Gasteiger partial charge in [-0.2, -0.15) is 0 Å². The van der Waals surface area contributed by atoms with Gasteiger partial charge in [0.05, 0.1) is 20.3 Å². The average Bonchev–Trinajstić information content (AvgIpc) is 2.81. The zero-order valence-electron chi connectivity index (χ0n) is 19.9. The van der Waals surface area contributed by atoms with E-state index in [1.54, 1.807) is 36.3 Å². The van der Waals surface area contributed by atoms with Crippen molar-refractivity contribution in [3.63, 3.8) is 0 Å². The first-order valence-electron chi connectivity index (χ1n) is 11.4. The van der Waals surface area contributed by atoms with Gasteiger partial charge in [0.2, 0.25) is 11.8 Å². The lowest BCUT2D eigenvalue weighted by Gasteiger charge is -2.33. The van der Waals surface area contributed by atoms with Gasteiger partial charge < -0.3 is 19.7 Å². The number of hydrogen-bond acceptors (Lipinski definition) is 5. The quantitative estimate of drug-likeness (QED) is 0.568. The number of nitrogens with zero attached hydrogens (tertiary/aromatic N) is 2. The third-order valence-corrected chi connectivity index (χ3v) is 5.34. The van der Waals surface area contributed by atoms with Gasteiger partial charge in [0.15, 0.2) is 11.5 Å². The van der Waals surface area contributed by atoms with Crippen molar-refractivity contribution in [2.75, 3.05) is 51.8 Å². The van der Waals surface area contributed by atoms with Crippen LogP contribution >= 0.6 is 0 Å². The van der Waals surface area contributed by atoms with E-state index in [0.717, 1.165) is 5.56 Å². The Bertz CT molecular complexity index is 1020. The zero-order valence-corrected chi connectivity index (χ0v) is 19.9. The summed E-state index contributed by atoms with van der Waals surface area (Å²) in [6, 6.07) is 11.4. The summed E-state index contributed by atoms with van der Waals surface area (Å²) >= 11 is 0. The molecule has 1 aliphatic rings. The number of carbonyl (C=O) groups excluding carboxylic acids is 2. The third kappa shape index (κ3) is 7.59. The molecule has 1 saturated heterocycles. The molecule has 1 heterocycles. The molecule has 2 aromatic rings. The van der Waals surface area contributed by atoms with Crippen LogP contribution in [0.2, 0.25) is 0 Å². The number of anilines is 1. The fourth-order valence-corrected chi connectivity index (χ4v) is 3.53. The van der Waals surface area contributed by atoms with Gasteiger partial charge in [-0.1, -0.05) is 26.0 Å². The molecule has 182 valence electrons. The van der Waals surface area contributed by atoms with Crippen LogP contribution in [0.4, 0.5) is 10.1 Å². The van der Waals surface area contributed by atoms with Crippen molar-refractivity contribution in [2.24, 2.45) is 5.92 Å². The summed E-state index contributed by atoms with van der Waals surface area (Å²) in [5.74, 6) is 1.03. The molecule has 1 fully saturated rings. The van der Waals surface area contributed by atoms with Crippen molar-refractivity contribution in [3.8, 4) is 11.5 Å². The Morgan fingerprint density at radius 1 is 1.09 bits per heavy atom. The van der Waals surface area contributed by atoms with Crippen LogP contribution in [-0.4, -0.2) is 68.1 Å². The first-order chi connectivity index (χ1) is 16.3. The predicted molar refractivity (Wildman–Crippen MR) is 130 cm³/mol. The number of ether oxygens (including phenoxy) is 2. The number of benzene rings is 2. The minimum atomic E-state index is -0.396. The second-order valence-electron chi connectivity index (χ2n) is 8.61. The van der Waals surface area contributed by atoms with Crippen LogP contribution < -0.4 is 14.8 Å². The minimum absolute atomic E-state index is 0.0806. The molecule has 2 amide bonds. The van der Waals surface area contributed by atoms with Crippen LogP contribution in [0.1, 0.15) is 19.4 Å². The summed E-state index contributed by atoms with van der Waals surface area (Å²) in [5, 5.41) is 2.70. The van der Waals surface area contributed by atoms with Gasteiger partial charge in [0.25, 0.3) is 0 Å². The molecule has 7 nitrogen and oxygen atoms in total. The summed E-state index contributed by atoms with van der Waals surface area (Å²) in [6.45, 7) is 7.19. The van der Waals surface area contributed by atoms with Crippen LogP contribution in [0.3, 0.4) is 0 Å². The number of piperazine rings is 1. The van der Waals surface area contributed by atoms with Crippen molar-refractivity contribution >= 4 is 23.6 Å². The number of rotatable bonds is 9. The molecule has 34 heavy (non-hydrogen) atoms. The van der Waals surface area contributed by atoms with Gasteiger partial charge >= 0.3 is 0 Å². The lowest BCUT2D eigenvalue weighted by atomic mass is 10.1. The van der Waals surface area contributed by atoms with E-state index in [9.17, 15) is 14.0 Å². The van der Waals surface area contributed by atoms with Crippen molar-refractivity contribution in [3.05, 3.63) is 59.9 Å². The maximum Gasteiger partial charge on any atom is 0.246 e. The lowest BCUT2D eigenvalue weighted by molar-refractivity contribution is -0.127. The summed E-state index contributed by atoms with van der Waals surface area (Å²) in [6.07, 6.45) is 3.31. The second-order valence-corrected chi connectivity index (χ2v) is 8.61. The van der Waals surface area contributed by atoms with E-state index >= 15 is 0 Å². The molecule has 0 bridgehead atoms. The highest BCUT2D eigenvalue weighted by Gasteiger charge is 2.21. The number of halogens is 1. The predicted octanol–water partition coefficient (Wildman–Crippen LogP) is 3.67. The molecule has 0 aliphatic carbocycles. The maximum atomic E-state index is 13.3. The van der Waals surface area contributed by atoms with Gasteiger partial charge in [0.1, 0.15) is 5.82 Å². The molecular weight excluding hydrogens is 437 g/mol. The van der Waals surface area contributed by atoms with Gasteiger partial charge in [0, 0.05) is 37.9 Å². The van der Waals surface area contributed by atoms with Crippen LogP contribution in [0.25, 0.3) is 6.08 Å². The molecule has 0 radical (unpaired) electrons. The minimum Gasteiger partial charge on any atom is -0.493 e. The topological polar surface area (TPSA) is 71.1 Å². The Morgan fingerprint density at radius 3 is 2.53 bits per heavy atom. The van der Waals surface area contributed by atoms with Crippen LogP contribution in [-0.2, 0) is 9.59 Å². The molecular formula is C26H32FN3O4. The molecule has 1 N–H and O–H groups in total. The highest BCUT2D eigenvalue weighted by atomic mass is 19.1. The number of amides is 2. The van der Waals surface area contributed by atoms with E-state index in [0.29, 0.717) is 55.9 Å². The fraction of sp³-hybridized carbons (Fsp3) is 0.385. The molecule has 3 rings (SSSR count). The Balaban J connectivity index is 1.47. The smallest absolute Gasteiger partial charge is 0.246 e. The standard InChI is InChI=1S/C26H32FN3O4/c1-19(2)18-34-23-9-7-20(15-24(23)33-3)8-10-26(32)30-13-11-29(12-14-30)17-25(31)28-22-6-4-5-21(27)16-22/h4-10,15-16,19H,11-14,17-18H2,1-3H3,(H,28,31)/b10-8+. The van der Waals surface area contributed by atoms with Crippen LogP contribution in [0.5, 0.6) is 11.5 Å². The number of carbonyl (C=O) groups is 2. The van der Waals surface area contributed by atoms with E-state index in [2.05, 4.69) is 19.2 Å². The summed E-state index contributed by atoms with van der Waals surface area (Å²) < 4.78 is 24.4. The maximum absolute atomic E-state index is 13.3. The average molecular weight is 470 g/mol. The third-order valence-electron chi connectivity index (χ3n) is 5.34. The Hall–Kier alpha value is -3.39. The second kappa shape index (κ2) is 12.2. The zero-order chi connectivity index (χ0) is 24.5. The van der Waals surface area contributed by atoms with E-state index in [4.69, 9.17) is 9.47 Å². The highest BCUT2D eigenvalue weighted by Crippen LogP contribution is 2.29. The molecule has 0 spiro atoms. The Morgan fingerprint density at radius 2 is 1.85 bits per heavy atom. The number of nitrogens with one attached hydrogen (secondary N) is 1. The van der Waals surface area contributed by atoms with Crippen LogP contribution in [0, 0.1) is 11.7 Å². The van der Waals surface area contributed by atoms with Crippen molar-refractivity contribution in [1.29, 1.82) is 0 Å². The van der Waals surface area contributed by atoms with Gasteiger partial charge in [-0.15, -0.1) is 0 Å². The first-order valence-corrected chi connectivity index (χ1v) is 11.4. The van der Waals surface area contributed by atoms with E-state index in [-0.39, 0.29) is 18.4 Å². The lowest BCUT2D eigenvalue weighted by Crippen LogP contribution is -2.50. The summed E-state index contributed by atoms with van der Waals surface area (Å²) in [4.78, 5) is 28.6. The van der Waals surface area contributed by atoms with Crippen molar-refractivity contribution < 1.29 is 23.5 Å². The Kier molecular flexibility index (Phi) is 9.04. The molecule has 2 aromatic carbocycles. The number of methoxy groups -OCH3 is 1. The number of hydrogen-bond donors (Lipinski definition) is 1. The monoisotopic (exact) mass is 469 g/mol. The SMILES string of the molecule is COc1cc(/C=C/C(=O)N2CCN(CC(=O)Nc3cccc(F)c3)CC2)ccc1OCC(C)C. The largest absolute Gasteiger partial charge is 0.493 e. The van der Waals surface area contributed by atoms with Gasteiger partial charge in [-0.25, -0.2) is 4.39 Å². The molecule has 0 aromatic heterocycles. The van der Waals surface area contributed by atoms with Gasteiger partial charge in [-0.3, -0.25) is 14.5 Å². The molecule has 0 saturated carbocycles. The van der Waals surface area contributed by atoms with Gasteiger partial charge in [-0.05, 0) is 47.9 Å². The van der Waals surface area contributed by atoms with Crippen LogP contribution in [0.15, 0.2) is 48.5 Å². The molecule has 8 heteroatoms. The normalized spacial score (nSPS) is 14.4. The van der Waals surface area contributed by atoms with E-state index in [1.165, 1.54) is 12.1 Å². The summed E-state index contributed by atoms with van der Waals surface area (Å²) in [7, 11) is 1.59. The van der Waals surface area contributed by atoms with Crippen molar-refractivity contribution in [1.82, 2.24) is 9.80 Å². The molecule has 0 unspecified atom stereocenters. The first kappa shape index (κ1) is 25.2.